The first kappa shape index (κ1) is 17.9. The fraction of sp³-hybridized carbons (Fsp3) is 0.412. The van der Waals surface area contributed by atoms with E-state index < -0.39 is 30.3 Å². The second kappa shape index (κ2) is 8.42. The lowest BCUT2D eigenvalue weighted by molar-refractivity contribution is -0.136. The van der Waals surface area contributed by atoms with E-state index in [-0.39, 0.29) is 25.1 Å². The lowest BCUT2D eigenvalue weighted by atomic mass is 10.1. The molecular weight excluding hydrogens is 320 g/mol. The fourth-order valence-electron chi connectivity index (χ4n) is 2.48. The molecule has 0 aliphatic heterocycles. The highest BCUT2D eigenvalue weighted by Gasteiger charge is 2.34. The van der Waals surface area contributed by atoms with Gasteiger partial charge in [-0.1, -0.05) is 30.3 Å². The van der Waals surface area contributed by atoms with Crippen LogP contribution in [0.1, 0.15) is 18.4 Å². The van der Waals surface area contributed by atoms with Crippen LogP contribution >= 0.6 is 0 Å². The number of esters is 1. The number of methoxy groups -OCH3 is 1. The van der Waals surface area contributed by atoms with Crippen molar-refractivity contribution in [3.63, 3.8) is 0 Å². The summed E-state index contributed by atoms with van der Waals surface area (Å²) >= 11 is 0. The van der Waals surface area contributed by atoms with Gasteiger partial charge >= 0.3 is 12.1 Å². The molecule has 5 nitrogen and oxygen atoms in total. The summed E-state index contributed by atoms with van der Waals surface area (Å²) in [5, 5.41) is 2.28. The van der Waals surface area contributed by atoms with Gasteiger partial charge in [-0.3, -0.25) is 5.32 Å². The second-order valence-corrected chi connectivity index (χ2v) is 5.52. The molecule has 0 radical (unpaired) electrons. The minimum absolute atomic E-state index is 0.0314. The molecule has 0 saturated heterocycles. The molecule has 1 aromatic rings. The number of rotatable bonds is 5. The summed E-state index contributed by atoms with van der Waals surface area (Å²) < 4.78 is 36.1. The number of carbonyl (C=O) groups excluding carboxylic acids is 2. The monoisotopic (exact) mass is 339 g/mol. The zero-order valence-corrected chi connectivity index (χ0v) is 13.2. The predicted octanol–water partition coefficient (Wildman–Crippen LogP) is 3.06. The molecule has 0 heterocycles. The van der Waals surface area contributed by atoms with Crippen molar-refractivity contribution >= 4 is 12.1 Å². The first-order valence-electron chi connectivity index (χ1n) is 7.55. The third-order valence-electron chi connectivity index (χ3n) is 3.71. The first-order chi connectivity index (χ1) is 11.5. The molecule has 130 valence electrons. The fourth-order valence-corrected chi connectivity index (χ4v) is 2.48. The number of halogens is 2. The van der Waals surface area contributed by atoms with Gasteiger partial charge in [-0.25, -0.2) is 18.4 Å². The van der Waals surface area contributed by atoms with E-state index in [1.165, 1.54) is 6.08 Å². The van der Waals surface area contributed by atoms with Gasteiger partial charge in [0.2, 0.25) is 0 Å². The molecule has 1 fully saturated rings. The van der Waals surface area contributed by atoms with Crippen molar-refractivity contribution < 1.29 is 27.8 Å². The Balaban J connectivity index is 1.95. The minimum atomic E-state index is -1.56. The molecule has 1 amide bonds. The molecule has 0 aromatic heterocycles. The summed E-state index contributed by atoms with van der Waals surface area (Å²) in [5.41, 5.74) is 0.606. The summed E-state index contributed by atoms with van der Waals surface area (Å²) in [6, 6.07) is 9.01. The molecule has 1 aliphatic carbocycles. The van der Waals surface area contributed by atoms with Crippen LogP contribution in [0.4, 0.5) is 13.6 Å². The van der Waals surface area contributed by atoms with Crippen LogP contribution in [0.25, 0.3) is 0 Å². The molecule has 1 aromatic carbocycles. The van der Waals surface area contributed by atoms with E-state index in [4.69, 9.17) is 4.74 Å². The van der Waals surface area contributed by atoms with E-state index >= 15 is 0 Å². The van der Waals surface area contributed by atoms with Crippen LogP contribution in [0.5, 0.6) is 0 Å². The Hall–Kier alpha value is -2.44. The van der Waals surface area contributed by atoms with Gasteiger partial charge in [0, 0.05) is 0 Å². The maximum absolute atomic E-state index is 13.2. The average molecular weight is 339 g/mol. The second-order valence-electron chi connectivity index (χ2n) is 5.52. The molecule has 1 N–H and O–H groups in total. The Morgan fingerprint density at radius 2 is 1.83 bits per heavy atom. The smallest absolute Gasteiger partial charge is 0.412 e. The third kappa shape index (κ3) is 5.04. The maximum Gasteiger partial charge on any atom is 0.412 e. The van der Waals surface area contributed by atoms with Gasteiger partial charge in [-0.15, -0.1) is 0 Å². The van der Waals surface area contributed by atoms with E-state index in [1.807, 2.05) is 6.07 Å². The Labute approximate surface area is 138 Å². The van der Waals surface area contributed by atoms with Gasteiger partial charge in [-0.05, 0) is 30.4 Å². The molecule has 1 saturated carbocycles. The molecule has 2 rings (SSSR count). The van der Waals surface area contributed by atoms with E-state index in [0.29, 0.717) is 0 Å². The van der Waals surface area contributed by atoms with E-state index in [2.05, 4.69) is 10.1 Å². The van der Waals surface area contributed by atoms with Gasteiger partial charge in [-0.2, -0.15) is 0 Å². The number of nitrogens with one attached hydrogen (secondary N) is 1. The van der Waals surface area contributed by atoms with Crippen molar-refractivity contribution in [2.24, 2.45) is 5.92 Å². The number of carbonyl (C=O) groups is 2. The van der Waals surface area contributed by atoms with E-state index in [1.54, 1.807) is 24.3 Å². The number of ether oxygens (including phenoxy) is 2. The quantitative estimate of drug-likeness (QED) is 0.661. The third-order valence-corrected chi connectivity index (χ3v) is 3.71. The summed E-state index contributed by atoms with van der Waals surface area (Å²) in [4.78, 5) is 23.5. The first-order valence-corrected chi connectivity index (χ1v) is 7.55. The summed E-state index contributed by atoms with van der Waals surface area (Å²) in [5.74, 6) is -1.29. The number of alkyl halides is 2. The number of benzene rings is 1. The molecule has 1 aliphatic rings. The van der Waals surface area contributed by atoms with Crippen LogP contribution in [0.2, 0.25) is 0 Å². The standard InChI is InChI=1S/C17H19F2NO4/c1-23-16(21)15(9-12-7-13(18)14(19)8-12)20-17(22)24-10-11-5-3-2-4-6-11/h2-6,9,12-14H,7-8,10H2,1H3,(H,20,22)/t12-,13-,14+. The molecule has 24 heavy (non-hydrogen) atoms. The zero-order valence-electron chi connectivity index (χ0n) is 13.2. The summed E-state index contributed by atoms with van der Waals surface area (Å²) in [6.07, 6.45) is -2.72. The van der Waals surface area contributed by atoms with Gasteiger partial charge in [0.15, 0.2) is 0 Å². The topological polar surface area (TPSA) is 64.6 Å². The predicted molar refractivity (Wildman–Crippen MR) is 82.4 cm³/mol. The lowest BCUT2D eigenvalue weighted by Crippen LogP contribution is -2.29. The van der Waals surface area contributed by atoms with Crippen molar-refractivity contribution in [2.75, 3.05) is 7.11 Å². The largest absolute Gasteiger partial charge is 0.464 e. The van der Waals surface area contributed by atoms with E-state index in [9.17, 15) is 18.4 Å². The van der Waals surface area contributed by atoms with Crippen LogP contribution in [0.3, 0.4) is 0 Å². The highest BCUT2D eigenvalue weighted by Crippen LogP contribution is 2.32. The Morgan fingerprint density at radius 3 is 2.42 bits per heavy atom. The average Bonchev–Trinajstić information content (AvgIpc) is 2.90. The van der Waals surface area contributed by atoms with Gasteiger partial charge in [0.1, 0.15) is 24.6 Å². The van der Waals surface area contributed by atoms with Crippen LogP contribution in [-0.2, 0) is 20.9 Å². The molecule has 3 atom stereocenters. The molecule has 0 bridgehead atoms. The van der Waals surface area contributed by atoms with Gasteiger partial charge in [0.25, 0.3) is 0 Å². The minimum Gasteiger partial charge on any atom is -0.464 e. The Kier molecular flexibility index (Phi) is 6.28. The lowest BCUT2D eigenvalue weighted by Gasteiger charge is -2.11. The van der Waals surface area contributed by atoms with E-state index in [0.717, 1.165) is 12.7 Å². The number of amides is 1. The van der Waals surface area contributed by atoms with Crippen LogP contribution in [0, 0.1) is 5.92 Å². The van der Waals surface area contributed by atoms with Gasteiger partial charge < -0.3 is 9.47 Å². The van der Waals surface area contributed by atoms with Crippen molar-refractivity contribution in [1.29, 1.82) is 0 Å². The molecular formula is C17H19F2NO4. The van der Waals surface area contributed by atoms with Crippen molar-refractivity contribution in [3.8, 4) is 0 Å². The zero-order chi connectivity index (χ0) is 17.5. The SMILES string of the molecule is COC(=O)C(=C[C@@H]1C[C@@H](F)[C@@H](F)C1)NC(=O)OCc1ccccc1. The number of allylic oxidation sites excluding steroid dienone is 1. The van der Waals surface area contributed by atoms with Crippen molar-refractivity contribution in [1.82, 2.24) is 5.32 Å². The summed E-state index contributed by atoms with van der Waals surface area (Å²) in [7, 11) is 1.15. The number of hydrogen-bond donors (Lipinski definition) is 1. The maximum atomic E-state index is 13.2. The van der Waals surface area contributed by atoms with Crippen LogP contribution < -0.4 is 5.32 Å². The van der Waals surface area contributed by atoms with Crippen molar-refractivity contribution in [2.45, 2.75) is 31.8 Å². The van der Waals surface area contributed by atoms with Crippen LogP contribution in [0.15, 0.2) is 42.1 Å². The Bertz CT molecular complexity index is 596. The number of hydrogen-bond acceptors (Lipinski definition) is 4. The highest BCUT2D eigenvalue weighted by molar-refractivity contribution is 5.92. The normalized spacial score (nSPS) is 23.6. The van der Waals surface area contributed by atoms with Crippen LogP contribution in [-0.4, -0.2) is 31.5 Å². The molecule has 7 heteroatoms. The summed E-state index contributed by atoms with van der Waals surface area (Å²) in [6.45, 7) is 0.0314. The Morgan fingerprint density at radius 1 is 1.21 bits per heavy atom. The molecule has 0 spiro atoms. The van der Waals surface area contributed by atoms with Gasteiger partial charge in [0.05, 0.1) is 7.11 Å². The molecule has 0 unspecified atom stereocenters. The number of alkyl carbamates (subject to hydrolysis) is 1. The highest BCUT2D eigenvalue weighted by atomic mass is 19.2. The van der Waals surface area contributed by atoms with Crippen molar-refractivity contribution in [3.05, 3.63) is 47.7 Å².